The largest absolute Gasteiger partial charge is 0.322 e. The number of carbonyl (C=O) groups is 2. The van der Waals surface area contributed by atoms with Crippen molar-refractivity contribution in [2.75, 3.05) is 10.6 Å². The molecule has 2 N–H and O–H groups in total. The molecule has 0 aliphatic carbocycles. The standard InChI is InChI=1S/C44H30N8O2/c53-43(35-27-45-39-25-37(29-13-5-1-6-14-29)49-51(39)41(35)31-17-9-3-10-18-31)47-33-21-23-34(24-22-33)48-44(54)36-28-46-40-26-38(30-15-7-2-8-16-30)50-52(40)42(36)32-19-11-4-12-20-32/h1-28H,(H,47,53)(H,48,54). The number of hydrogen-bond donors (Lipinski definition) is 2. The van der Waals surface area contributed by atoms with Gasteiger partial charge in [-0.05, 0) is 24.3 Å². The van der Waals surface area contributed by atoms with Crippen molar-refractivity contribution in [3.05, 3.63) is 181 Å². The van der Waals surface area contributed by atoms with Crippen molar-refractivity contribution in [3.8, 4) is 45.0 Å². The van der Waals surface area contributed by atoms with Crippen LogP contribution in [0.5, 0.6) is 0 Å². The Kier molecular flexibility index (Phi) is 8.22. The molecule has 4 heterocycles. The molecule has 0 saturated carbocycles. The van der Waals surface area contributed by atoms with E-state index in [1.807, 2.05) is 133 Å². The highest BCUT2D eigenvalue weighted by Gasteiger charge is 2.22. The lowest BCUT2D eigenvalue weighted by molar-refractivity contribution is 0.101. The smallest absolute Gasteiger partial charge is 0.259 e. The third kappa shape index (κ3) is 6.13. The van der Waals surface area contributed by atoms with Crippen LogP contribution in [0.15, 0.2) is 170 Å². The molecule has 0 saturated heterocycles. The van der Waals surface area contributed by atoms with Crippen molar-refractivity contribution in [1.29, 1.82) is 0 Å². The Balaban J connectivity index is 0.992. The van der Waals surface area contributed by atoms with Crippen LogP contribution >= 0.6 is 0 Å². The maximum absolute atomic E-state index is 13.9. The first kappa shape index (κ1) is 32.2. The fraction of sp³-hybridized carbons (Fsp3) is 0. The number of amides is 2. The number of benzene rings is 5. The summed E-state index contributed by atoms with van der Waals surface area (Å²) in [6.45, 7) is 0. The normalized spacial score (nSPS) is 11.1. The Morgan fingerprint density at radius 1 is 0.426 bits per heavy atom. The summed E-state index contributed by atoms with van der Waals surface area (Å²) < 4.78 is 3.43. The number of nitrogens with zero attached hydrogens (tertiary/aromatic N) is 6. The summed E-state index contributed by atoms with van der Waals surface area (Å²) in [6, 6.07) is 49.8. The number of nitrogens with one attached hydrogen (secondary N) is 2. The van der Waals surface area contributed by atoms with Gasteiger partial charge in [-0.15, -0.1) is 0 Å². The molecule has 4 aromatic heterocycles. The van der Waals surface area contributed by atoms with Crippen LogP contribution in [-0.4, -0.2) is 41.0 Å². The maximum atomic E-state index is 13.9. The van der Waals surface area contributed by atoms with Gasteiger partial charge in [-0.25, -0.2) is 19.0 Å². The van der Waals surface area contributed by atoms with E-state index in [1.165, 1.54) is 0 Å². The number of hydrogen-bond acceptors (Lipinski definition) is 6. The lowest BCUT2D eigenvalue weighted by Gasteiger charge is -2.13. The molecule has 9 aromatic rings. The summed E-state index contributed by atoms with van der Waals surface area (Å²) in [7, 11) is 0. The zero-order valence-electron chi connectivity index (χ0n) is 28.7. The zero-order valence-corrected chi connectivity index (χ0v) is 28.7. The lowest BCUT2D eigenvalue weighted by Crippen LogP contribution is -2.17. The van der Waals surface area contributed by atoms with Crippen molar-refractivity contribution < 1.29 is 9.59 Å². The second-order valence-electron chi connectivity index (χ2n) is 12.6. The molecule has 5 aromatic carbocycles. The van der Waals surface area contributed by atoms with Gasteiger partial charge in [-0.2, -0.15) is 10.2 Å². The van der Waals surface area contributed by atoms with E-state index in [2.05, 4.69) is 20.6 Å². The van der Waals surface area contributed by atoms with Gasteiger partial charge < -0.3 is 10.6 Å². The minimum Gasteiger partial charge on any atom is -0.322 e. The van der Waals surface area contributed by atoms with E-state index in [-0.39, 0.29) is 11.8 Å². The van der Waals surface area contributed by atoms with Gasteiger partial charge in [0, 0.05) is 58.2 Å². The topological polar surface area (TPSA) is 119 Å². The summed E-state index contributed by atoms with van der Waals surface area (Å²) in [5.41, 5.74) is 9.35. The number of rotatable bonds is 8. The maximum Gasteiger partial charge on any atom is 0.259 e. The minimum absolute atomic E-state index is 0.349. The van der Waals surface area contributed by atoms with Crippen LogP contribution in [0.4, 0.5) is 11.4 Å². The molecule has 9 rings (SSSR count). The van der Waals surface area contributed by atoms with Gasteiger partial charge in [0.2, 0.25) is 0 Å². The van der Waals surface area contributed by atoms with E-state index >= 15 is 0 Å². The molecule has 0 fully saturated rings. The van der Waals surface area contributed by atoms with Gasteiger partial charge in [0.05, 0.1) is 33.9 Å². The molecular weight excluding hydrogens is 673 g/mol. The molecule has 2 amide bonds. The third-order valence-electron chi connectivity index (χ3n) is 9.09. The Labute approximate surface area is 309 Å². The van der Waals surface area contributed by atoms with Gasteiger partial charge in [0.15, 0.2) is 11.3 Å². The molecule has 0 unspecified atom stereocenters. The molecule has 0 spiro atoms. The average Bonchev–Trinajstić information content (AvgIpc) is 3.87. The number of carbonyl (C=O) groups excluding carboxylic acids is 2. The fourth-order valence-electron chi connectivity index (χ4n) is 6.48. The van der Waals surface area contributed by atoms with E-state index in [0.29, 0.717) is 45.2 Å². The molecule has 10 nitrogen and oxygen atoms in total. The van der Waals surface area contributed by atoms with Crippen molar-refractivity contribution in [1.82, 2.24) is 29.2 Å². The first-order valence-electron chi connectivity index (χ1n) is 17.3. The van der Waals surface area contributed by atoms with Gasteiger partial charge in [-0.3, -0.25) is 9.59 Å². The molecule has 0 radical (unpaired) electrons. The summed E-state index contributed by atoms with van der Waals surface area (Å²) in [5, 5.41) is 15.7. The first-order valence-corrected chi connectivity index (χ1v) is 17.3. The van der Waals surface area contributed by atoms with E-state index in [0.717, 1.165) is 33.6 Å². The van der Waals surface area contributed by atoms with Crippen LogP contribution < -0.4 is 10.6 Å². The second-order valence-corrected chi connectivity index (χ2v) is 12.6. The van der Waals surface area contributed by atoms with E-state index in [4.69, 9.17) is 10.2 Å². The predicted octanol–water partition coefficient (Wildman–Crippen LogP) is 8.94. The van der Waals surface area contributed by atoms with E-state index < -0.39 is 0 Å². The zero-order chi connectivity index (χ0) is 36.4. The van der Waals surface area contributed by atoms with Gasteiger partial charge >= 0.3 is 0 Å². The molecule has 0 bridgehead atoms. The van der Waals surface area contributed by atoms with Crippen LogP contribution in [0.2, 0.25) is 0 Å². The van der Waals surface area contributed by atoms with Crippen LogP contribution in [0, 0.1) is 0 Å². The Morgan fingerprint density at radius 2 is 0.759 bits per heavy atom. The Hall–Kier alpha value is -7.72. The highest BCUT2D eigenvalue weighted by molar-refractivity contribution is 6.09. The number of aromatic nitrogens is 6. The summed E-state index contributed by atoms with van der Waals surface area (Å²) in [5.74, 6) is -0.699. The average molecular weight is 703 g/mol. The molecule has 0 aliphatic heterocycles. The van der Waals surface area contributed by atoms with Gasteiger partial charge in [0.25, 0.3) is 11.8 Å². The fourth-order valence-corrected chi connectivity index (χ4v) is 6.48. The SMILES string of the molecule is O=C(Nc1ccc(NC(=O)c2cnc3cc(-c4ccccc4)nn3c2-c2ccccc2)cc1)c1cnc2cc(-c3ccccc3)nn2c1-c1ccccc1. The summed E-state index contributed by atoms with van der Waals surface area (Å²) >= 11 is 0. The molecular formula is C44H30N8O2. The molecule has 0 aliphatic rings. The Morgan fingerprint density at radius 3 is 1.11 bits per heavy atom. The highest BCUT2D eigenvalue weighted by atomic mass is 16.2. The van der Waals surface area contributed by atoms with Crippen molar-refractivity contribution >= 4 is 34.5 Å². The number of anilines is 2. The van der Waals surface area contributed by atoms with Crippen molar-refractivity contribution in [3.63, 3.8) is 0 Å². The quantitative estimate of drug-likeness (QED) is 0.163. The third-order valence-corrected chi connectivity index (χ3v) is 9.09. The Bertz CT molecular complexity index is 2590. The summed E-state index contributed by atoms with van der Waals surface area (Å²) in [6.07, 6.45) is 3.16. The first-order chi connectivity index (χ1) is 26.6. The molecule has 10 heteroatoms. The minimum atomic E-state index is -0.349. The molecule has 258 valence electrons. The van der Waals surface area contributed by atoms with Crippen molar-refractivity contribution in [2.45, 2.75) is 0 Å². The molecule has 54 heavy (non-hydrogen) atoms. The predicted molar refractivity (Wildman–Crippen MR) is 210 cm³/mol. The van der Waals surface area contributed by atoms with E-state index in [1.54, 1.807) is 45.7 Å². The van der Waals surface area contributed by atoms with Crippen LogP contribution in [0.25, 0.3) is 56.3 Å². The molecule has 0 atom stereocenters. The van der Waals surface area contributed by atoms with E-state index in [9.17, 15) is 9.59 Å². The summed E-state index contributed by atoms with van der Waals surface area (Å²) in [4.78, 5) is 36.9. The van der Waals surface area contributed by atoms with Crippen LogP contribution in [-0.2, 0) is 0 Å². The van der Waals surface area contributed by atoms with Gasteiger partial charge in [0.1, 0.15) is 0 Å². The highest BCUT2D eigenvalue weighted by Crippen LogP contribution is 2.30. The van der Waals surface area contributed by atoms with Crippen LogP contribution in [0.3, 0.4) is 0 Å². The van der Waals surface area contributed by atoms with Crippen molar-refractivity contribution in [2.24, 2.45) is 0 Å². The number of fused-ring (bicyclic) bond motifs is 2. The monoisotopic (exact) mass is 702 g/mol. The second kappa shape index (κ2) is 13.8. The van der Waals surface area contributed by atoms with Gasteiger partial charge in [-0.1, -0.05) is 121 Å². The lowest BCUT2D eigenvalue weighted by atomic mass is 10.1. The van der Waals surface area contributed by atoms with Crippen LogP contribution in [0.1, 0.15) is 20.7 Å².